The average molecular weight is 393 g/mol. The van der Waals surface area contributed by atoms with Crippen molar-refractivity contribution < 1.29 is 22.7 Å². The van der Waals surface area contributed by atoms with Crippen molar-refractivity contribution in [2.75, 3.05) is 7.11 Å². The van der Waals surface area contributed by atoms with Gasteiger partial charge in [-0.1, -0.05) is 18.2 Å². The Morgan fingerprint density at radius 3 is 2.67 bits per heavy atom. The number of pyridine rings is 1. The second-order valence-electron chi connectivity index (χ2n) is 5.44. The second-order valence-corrected chi connectivity index (χ2v) is 6.44. The second kappa shape index (κ2) is 7.75. The fourth-order valence-corrected chi connectivity index (χ4v) is 3.40. The van der Waals surface area contributed by atoms with Gasteiger partial charge in [-0.25, -0.2) is 4.98 Å². The Morgan fingerprint density at radius 1 is 1.22 bits per heavy atom. The molecular formula is C18H14F3N3O2S. The van der Waals surface area contributed by atoms with Crippen LogP contribution in [-0.4, -0.2) is 23.0 Å². The summed E-state index contributed by atoms with van der Waals surface area (Å²) >= 11 is 0.673. The van der Waals surface area contributed by atoms with Crippen LogP contribution in [0.3, 0.4) is 0 Å². The first-order chi connectivity index (χ1) is 12.9. The van der Waals surface area contributed by atoms with Crippen LogP contribution in [0.2, 0.25) is 0 Å². The largest absolute Gasteiger partial charge is 0.496 e. The van der Waals surface area contributed by atoms with E-state index >= 15 is 0 Å². The van der Waals surface area contributed by atoms with E-state index in [1.165, 1.54) is 13.3 Å². The molecule has 2 heterocycles. The molecule has 0 aliphatic carbocycles. The van der Waals surface area contributed by atoms with Crippen LogP contribution in [0, 0.1) is 0 Å². The van der Waals surface area contributed by atoms with Crippen LogP contribution in [0.5, 0.6) is 5.75 Å². The van der Waals surface area contributed by atoms with Gasteiger partial charge in [0.25, 0.3) is 5.91 Å². The van der Waals surface area contributed by atoms with Crippen molar-refractivity contribution in [3.05, 3.63) is 64.9 Å². The van der Waals surface area contributed by atoms with E-state index in [0.717, 1.165) is 0 Å². The molecule has 9 heteroatoms. The minimum absolute atomic E-state index is 0.0614. The maximum absolute atomic E-state index is 13.4. The van der Waals surface area contributed by atoms with Crippen LogP contribution in [0.4, 0.5) is 13.2 Å². The third-order valence-electron chi connectivity index (χ3n) is 3.62. The molecule has 0 fully saturated rings. The molecule has 0 aliphatic rings. The number of para-hydroxylation sites is 1. The molecule has 0 spiro atoms. The van der Waals surface area contributed by atoms with Crippen molar-refractivity contribution in [2.45, 2.75) is 12.7 Å². The fraction of sp³-hybridized carbons (Fsp3) is 0.167. The molecule has 1 aromatic carbocycles. The van der Waals surface area contributed by atoms with E-state index in [9.17, 15) is 18.0 Å². The fourth-order valence-electron chi connectivity index (χ4n) is 2.37. The van der Waals surface area contributed by atoms with E-state index < -0.39 is 22.7 Å². The zero-order valence-electron chi connectivity index (χ0n) is 14.1. The first-order valence-corrected chi connectivity index (χ1v) is 8.60. The van der Waals surface area contributed by atoms with Crippen molar-refractivity contribution in [2.24, 2.45) is 0 Å². The summed E-state index contributed by atoms with van der Waals surface area (Å²) in [5, 5.41) is 2.54. The standard InChI is InChI=1S/C18H14F3N3O2S/c1-26-13-7-3-2-6-12(13)17-24-15(18(19,20)21)14(27-17)16(25)23-10-11-5-4-8-22-9-11/h2-9H,10H2,1H3,(H,23,25). The molecule has 0 saturated heterocycles. The molecule has 0 saturated carbocycles. The first kappa shape index (κ1) is 18.8. The van der Waals surface area contributed by atoms with Gasteiger partial charge in [-0.15, -0.1) is 11.3 Å². The van der Waals surface area contributed by atoms with Crippen molar-refractivity contribution >= 4 is 17.2 Å². The predicted octanol–water partition coefficient (Wildman–Crippen LogP) is 4.16. The molecule has 0 radical (unpaired) electrons. The highest BCUT2D eigenvalue weighted by Crippen LogP contribution is 2.40. The van der Waals surface area contributed by atoms with E-state index in [-0.39, 0.29) is 11.6 Å². The number of hydrogen-bond donors (Lipinski definition) is 1. The Kier molecular flexibility index (Phi) is 5.41. The Hall–Kier alpha value is -2.94. The Bertz CT molecular complexity index is 943. The summed E-state index contributed by atoms with van der Waals surface area (Å²) in [4.78, 5) is 19.5. The highest BCUT2D eigenvalue weighted by atomic mass is 32.1. The summed E-state index contributed by atoms with van der Waals surface area (Å²) in [7, 11) is 1.42. The monoisotopic (exact) mass is 393 g/mol. The first-order valence-electron chi connectivity index (χ1n) is 7.78. The number of aromatic nitrogens is 2. The Balaban J connectivity index is 1.94. The third-order valence-corrected chi connectivity index (χ3v) is 4.70. The number of ether oxygens (including phenoxy) is 1. The van der Waals surface area contributed by atoms with Gasteiger partial charge in [0.1, 0.15) is 15.6 Å². The number of hydrogen-bond acceptors (Lipinski definition) is 5. The molecule has 140 valence electrons. The molecule has 0 bridgehead atoms. The molecule has 1 amide bonds. The lowest BCUT2D eigenvalue weighted by molar-refractivity contribution is -0.141. The van der Waals surface area contributed by atoms with Gasteiger partial charge in [0, 0.05) is 18.9 Å². The third kappa shape index (κ3) is 4.25. The SMILES string of the molecule is COc1ccccc1-c1nc(C(F)(F)F)c(C(=O)NCc2cccnc2)s1. The van der Waals surface area contributed by atoms with E-state index in [2.05, 4.69) is 15.3 Å². The van der Waals surface area contributed by atoms with E-state index in [0.29, 0.717) is 28.2 Å². The minimum Gasteiger partial charge on any atom is -0.496 e. The lowest BCUT2D eigenvalue weighted by Gasteiger charge is -2.07. The van der Waals surface area contributed by atoms with Gasteiger partial charge in [0.05, 0.1) is 12.7 Å². The number of nitrogens with zero attached hydrogens (tertiary/aromatic N) is 2. The van der Waals surface area contributed by atoms with Gasteiger partial charge < -0.3 is 10.1 Å². The Morgan fingerprint density at radius 2 is 2.00 bits per heavy atom. The quantitative estimate of drug-likeness (QED) is 0.707. The number of nitrogens with one attached hydrogen (secondary N) is 1. The normalized spacial score (nSPS) is 11.3. The van der Waals surface area contributed by atoms with Crippen LogP contribution in [0.1, 0.15) is 20.9 Å². The molecule has 0 aliphatic heterocycles. The summed E-state index contributed by atoms with van der Waals surface area (Å²) in [6.45, 7) is 0.0614. The predicted molar refractivity (Wildman–Crippen MR) is 94.5 cm³/mol. The maximum Gasteiger partial charge on any atom is 0.435 e. The van der Waals surface area contributed by atoms with Gasteiger partial charge in [-0.3, -0.25) is 9.78 Å². The number of halogens is 3. The average Bonchev–Trinajstić information content (AvgIpc) is 3.13. The zero-order valence-corrected chi connectivity index (χ0v) is 14.9. The summed E-state index contributed by atoms with van der Waals surface area (Å²) in [5.74, 6) is -0.466. The van der Waals surface area contributed by atoms with Crippen LogP contribution in [-0.2, 0) is 12.7 Å². The molecule has 2 aromatic heterocycles. The molecule has 0 atom stereocenters. The Labute approximate surface area is 156 Å². The summed E-state index contributed by atoms with van der Waals surface area (Å²) in [6, 6.07) is 9.96. The number of thiazole rings is 1. The highest BCUT2D eigenvalue weighted by Gasteiger charge is 2.40. The number of alkyl halides is 3. The summed E-state index contributed by atoms with van der Waals surface area (Å²) in [5.41, 5.74) is -0.146. The van der Waals surface area contributed by atoms with Gasteiger partial charge in [-0.05, 0) is 23.8 Å². The van der Waals surface area contributed by atoms with E-state index in [1.807, 2.05) is 0 Å². The van der Waals surface area contributed by atoms with Crippen LogP contribution >= 0.6 is 11.3 Å². The van der Waals surface area contributed by atoms with Gasteiger partial charge in [-0.2, -0.15) is 13.2 Å². The van der Waals surface area contributed by atoms with Crippen LogP contribution < -0.4 is 10.1 Å². The van der Waals surface area contributed by atoms with Crippen molar-refractivity contribution in [3.8, 4) is 16.3 Å². The number of carbonyl (C=O) groups excluding carboxylic acids is 1. The van der Waals surface area contributed by atoms with E-state index in [4.69, 9.17) is 4.74 Å². The number of benzene rings is 1. The molecule has 27 heavy (non-hydrogen) atoms. The minimum atomic E-state index is -4.75. The van der Waals surface area contributed by atoms with E-state index in [1.54, 1.807) is 42.6 Å². The molecular weight excluding hydrogens is 379 g/mol. The van der Waals surface area contributed by atoms with Crippen LogP contribution in [0.15, 0.2) is 48.8 Å². The van der Waals surface area contributed by atoms with Crippen molar-refractivity contribution in [1.82, 2.24) is 15.3 Å². The highest BCUT2D eigenvalue weighted by molar-refractivity contribution is 7.17. The lowest BCUT2D eigenvalue weighted by Crippen LogP contribution is -2.24. The molecule has 1 N–H and O–H groups in total. The molecule has 3 rings (SSSR count). The van der Waals surface area contributed by atoms with Gasteiger partial charge in [0.15, 0.2) is 5.69 Å². The summed E-state index contributed by atoms with van der Waals surface area (Å²) < 4.78 is 45.4. The topological polar surface area (TPSA) is 64.1 Å². The summed E-state index contributed by atoms with van der Waals surface area (Å²) in [6.07, 6.45) is -1.66. The van der Waals surface area contributed by atoms with Crippen molar-refractivity contribution in [3.63, 3.8) is 0 Å². The van der Waals surface area contributed by atoms with Gasteiger partial charge in [0.2, 0.25) is 0 Å². The zero-order chi connectivity index (χ0) is 19.4. The number of amides is 1. The molecule has 5 nitrogen and oxygen atoms in total. The molecule has 0 unspecified atom stereocenters. The number of rotatable bonds is 5. The number of methoxy groups -OCH3 is 1. The molecule has 3 aromatic rings. The maximum atomic E-state index is 13.4. The number of carbonyl (C=O) groups is 1. The lowest BCUT2D eigenvalue weighted by atomic mass is 10.2. The van der Waals surface area contributed by atoms with Crippen LogP contribution in [0.25, 0.3) is 10.6 Å². The van der Waals surface area contributed by atoms with Gasteiger partial charge >= 0.3 is 6.18 Å². The smallest absolute Gasteiger partial charge is 0.435 e. The van der Waals surface area contributed by atoms with Crippen molar-refractivity contribution in [1.29, 1.82) is 0 Å².